The summed E-state index contributed by atoms with van der Waals surface area (Å²) in [5.41, 5.74) is 11.9. The van der Waals surface area contributed by atoms with Crippen molar-refractivity contribution >= 4 is 55.7 Å². The van der Waals surface area contributed by atoms with Crippen LogP contribution in [0.25, 0.3) is 0 Å². The summed E-state index contributed by atoms with van der Waals surface area (Å²) in [6, 6.07) is 52.6. The lowest BCUT2D eigenvalue weighted by Crippen LogP contribution is -2.09. The fraction of sp³-hybridized carbons (Fsp3) is 0.100. The molecule has 44 heavy (non-hydrogen) atoms. The van der Waals surface area contributed by atoms with Gasteiger partial charge < -0.3 is 9.80 Å². The van der Waals surface area contributed by atoms with Crippen LogP contribution in [0.1, 0.15) is 22.3 Å². The lowest BCUT2D eigenvalue weighted by molar-refractivity contribution is 1.26. The quantitative estimate of drug-likeness (QED) is 0.151. The topological polar surface area (TPSA) is 6.48 Å². The molecule has 0 unspecified atom stereocenters. The second-order valence-electron chi connectivity index (χ2n) is 11.2. The maximum atomic E-state index is 2.31. The normalized spacial score (nSPS) is 10.9. The maximum absolute atomic E-state index is 2.31. The van der Waals surface area contributed by atoms with Crippen molar-refractivity contribution in [3.63, 3.8) is 0 Å². The van der Waals surface area contributed by atoms with Gasteiger partial charge in [-0.2, -0.15) is 0 Å². The Balaban J connectivity index is 1.18. The first-order chi connectivity index (χ1) is 21.4. The molecule has 0 aromatic heterocycles. The zero-order valence-corrected chi connectivity index (χ0v) is 27.2. The summed E-state index contributed by atoms with van der Waals surface area (Å²) in [6.45, 7) is 8.51. The highest BCUT2D eigenvalue weighted by Gasteiger charge is 2.14. The van der Waals surface area contributed by atoms with Crippen LogP contribution in [0.3, 0.4) is 0 Å². The van der Waals surface area contributed by atoms with Gasteiger partial charge in [-0.3, -0.25) is 0 Å². The van der Waals surface area contributed by atoms with Crippen molar-refractivity contribution in [3.8, 4) is 0 Å². The molecule has 4 heteroatoms. The largest absolute Gasteiger partial charge is 0.311 e. The van der Waals surface area contributed by atoms with Crippen LogP contribution in [-0.4, -0.2) is 0 Å². The number of anilines is 6. The molecule has 6 rings (SSSR count). The van der Waals surface area contributed by atoms with Gasteiger partial charge in [0.15, 0.2) is 0 Å². The Morgan fingerprint density at radius 3 is 0.659 bits per heavy atom. The van der Waals surface area contributed by atoms with Gasteiger partial charge in [-0.15, -0.1) is 0 Å². The third kappa shape index (κ3) is 7.05. The van der Waals surface area contributed by atoms with E-state index in [4.69, 9.17) is 0 Å². The minimum absolute atomic E-state index is 1.14. The Labute approximate surface area is 269 Å². The molecule has 0 spiro atoms. The van der Waals surface area contributed by atoms with Crippen LogP contribution in [0.2, 0.25) is 0 Å². The SMILES string of the molecule is Cc1ccc(N(c2ccc(C)cc2)c2ccc(SSc3ccc(N(c4ccc(C)cc4)c4ccc(C)cc4)cc3)cc2)cc1. The summed E-state index contributed by atoms with van der Waals surface area (Å²) in [5.74, 6) is 0. The van der Waals surface area contributed by atoms with Gasteiger partial charge >= 0.3 is 0 Å². The van der Waals surface area contributed by atoms with E-state index in [1.807, 2.05) is 0 Å². The molecular formula is C40H36N2S2. The summed E-state index contributed by atoms with van der Waals surface area (Å²) >= 11 is 0. The molecule has 0 heterocycles. The Morgan fingerprint density at radius 1 is 0.273 bits per heavy atom. The van der Waals surface area contributed by atoms with Crippen LogP contribution in [-0.2, 0) is 0 Å². The smallest absolute Gasteiger partial charge is 0.0462 e. The molecule has 0 bridgehead atoms. The van der Waals surface area contributed by atoms with E-state index in [9.17, 15) is 0 Å². The third-order valence-electron chi connectivity index (χ3n) is 7.59. The van der Waals surface area contributed by atoms with E-state index in [1.54, 1.807) is 21.6 Å². The van der Waals surface area contributed by atoms with E-state index in [2.05, 4.69) is 183 Å². The van der Waals surface area contributed by atoms with E-state index < -0.39 is 0 Å². The molecule has 0 fully saturated rings. The second-order valence-corrected chi connectivity index (χ2v) is 13.4. The Kier molecular flexibility index (Phi) is 9.11. The molecule has 0 amide bonds. The Morgan fingerprint density at radius 2 is 0.455 bits per heavy atom. The van der Waals surface area contributed by atoms with Crippen LogP contribution in [0.15, 0.2) is 155 Å². The summed E-state index contributed by atoms with van der Waals surface area (Å²) in [6.07, 6.45) is 0. The molecule has 0 saturated heterocycles. The molecule has 0 radical (unpaired) electrons. The molecule has 0 aliphatic carbocycles. The van der Waals surface area contributed by atoms with E-state index in [0.29, 0.717) is 0 Å². The van der Waals surface area contributed by atoms with Crippen molar-refractivity contribution in [2.24, 2.45) is 0 Å². The van der Waals surface area contributed by atoms with Crippen molar-refractivity contribution in [2.75, 3.05) is 9.80 Å². The van der Waals surface area contributed by atoms with E-state index in [1.165, 1.54) is 32.0 Å². The third-order valence-corrected chi connectivity index (χ3v) is 10.0. The standard InChI is InChI=1S/C40H36N2S2/c1-29-5-13-33(14-6-29)41(34-15-7-30(2)8-16-34)37-21-25-39(26-22-37)43-44-40-27-23-38(24-28-40)42(35-17-9-31(3)10-18-35)36-19-11-32(4)12-20-36/h5-28H,1-4H3. The number of nitrogens with zero attached hydrogens (tertiary/aromatic N) is 2. The van der Waals surface area contributed by atoms with Crippen molar-refractivity contribution < 1.29 is 0 Å². The van der Waals surface area contributed by atoms with E-state index in [0.717, 1.165) is 34.1 Å². The van der Waals surface area contributed by atoms with Crippen molar-refractivity contribution in [2.45, 2.75) is 37.5 Å². The van der Waals surface area contributed by atoms with Gasteiger partial charge in [0.25, 0.3) is 0 Å². The van der Waals surface area contributed by atoms with Crippen molar-refractivity contribution in [1.82, 2.24) is 0 Å². The minimum atomic E-state index is 1.14. The van der Waals surface area contributed by atoms with Gasteiger partial charge in [0.2, 0.25) is 0 Å². The second kappa shape index (κ2) is 13.5. The van der Waals surface area contributed by atoms with Crippen LogP contribution in [0, 0.1) is 27.7 Å². The highest BCUT2D eigenvalue weighted by atomic mass is 33.1. The molecular weight excluding hydrogens is 573 g/mol. The first-order valence-electron chi connectivity index (χ1n) is 14.8. The molecule has 6 aromatic rings. The zero-order valence-electron chi connectivity index (χ0n) is 25.6. The highest BCUT2D eigenvalue weighted by Crippen LogP contribution is 2.42. The Bertz CT molecular complexity index is 1560. The highest BCUT2D eigenvalue weighted by molar-refractivity contribution is 8.76. The number of benzene rings is 6. The summed E-state index contributed by atoms with van der Waals surface area (Å²) in [5, 5.41) is 0. The number of rotatable bonds is 9. The van der Waals surface area contributed by atoms with E-state index >= 15 is 0 Å². The number of hydrogen-bond acceptors (Lipinski definition) is 4. The molecule has 0 N–H and O–H groups in total. The Hall–Kier alpha value is -4.38. The summed E-state index contributed by atoms with van der Waals surface area (Å²) in [7, 11) is 3.57. The molecule has 2 nitrogen and oxygen atoms in total. The lowest BCUT2D eigenvalue weighted by atomic mass is 10.1. The first-order valence-corrected chi connectivity index (χ1v) is 17.0. The summed E-state index contributed by atoms with van der Waals surface area (Å²) < 4.78 is 0. The maximum Gasteiger partial charge on any atom is 0.0462 e. The molecule has 0 atom stereocenters. The average Bonchev–Trinajstić information content (AvgIpc) is 3.05. The monoisotopic (exact) mass is 608 g/mol. The predicted octanol–water partition coefficient (Wildman–Crippen LogP) is 12.7. The molecule has 0 aliphatic rings. The van der Waals surface area contributed by atoms with Crippen LogP contribution >= 0.6 is 21.6 Å². The van der Waals surface area contributed by atoms with Crippen LogP contribution in [0.5, 0.6) is 0 Å². The summed E-state index contributed by atoms with van der Waals surface area (Å²) in [4.78, 5) is 7.06. The van der Waals surface area contributed by atoms with Crippen LogP contribution in [0.4, 0.5) is 34.1 Å². The molecule has 0 saturated carbocycles. The van der Waals surface area contributed by atoms with Gasteiger partial charge in [-0.1, -0.05) is 92.4 Å². The van der Waals surface area contributed by atoms with Crippen molar-refractivity contribution in [1.29, 1.82) is 0 Å². The fourth-order valence-corrected chi connectivity index (χ4v) is 7.00. The fourth-order valence-electron chi connectivity index (χ4n) is 5.07. The molecule has 6 aromatic carbocycles. The van der Waals surface area contributed by atoms with Gasteiger partial charge in [0.05, 0.1) is 0 Å². The molecule has 0 aliphatic heterocycles. The van der Waals surface area contributed by atoms with Gasteiger partial charge in [-0.05, 0) is 125 Å². The van der Waals surface area contributed by atoms with E-state index in [-0.39, 0.29) is 0 Å². The average molecular weight is 609 g/mol. The zero-order chi connectivity index (χ0) is 30.5. The minimum Gasteiger partial charge on any atom is -0.311 e. The van der Waals surface area contributed by atoms with Crippen molar-refractivity contribution in [3.05, 3.63) is 168 Å². The first kappa shape index (κ1) is 29.7. The van der Waals surface area contributed by atoms with Crippen LogP contribution < -0.4 is 9.80 Å². The lowest BCUT2D eigenvalue weighted by Gasteiger charge is -2.26. The van der Waals surface area contributed by atoms with Gasteiger partial charge in [0.1, 0.15) is 0 Å². The van der Waals surface area contributed by atoms with Gasteiger partial charge in [0, 0.05) is 43.9 Å². The van der Waals surface area contributed by atoms with Gasteiger partial charge in [-0.25, -0.2) is 0 Å². The molecule has 218 valence electrons. The predicted molar refractivity (Wildman–Crippen MR) is 193 cm³/mol. The number of hydrogen-bond donors (Lipinski definition) is 0. The number of aryl methyl sites for hydroxylation is 4.